The summed E-state index contributed by atoms with van der Waals surface area (Å²) in [6.45, 7) is 0. The van der Waals surface area contributed by atoms with Gasteiger partial charge in [-0.2, -0.15) is 0 Å². The number of nitrogens with zero attached hydrogens (tertiary/aromatic N) is 1. The van der Waals surface area contributed by atoms with Crippen molar-refractivity contribution in [3.8, 4) is 0 Å². The number of amides is 1. The van der Waals surface area contributed by atoms with Gasteiger partial charge >= 0.3 is 0 Å². The van der Waals surface area contributed by atoms with Crippen LogP contribution in [0, 0.1) is 0 Å². The fourth-order valence-electron chi connectivity index (χ4n) is 2.95. The summed E-state index contributed by atoms with van der Waals surface area (Å²) in [6.07, 6.45) is 4.78. The lowest BCUT2D eigenvalue weighted by atomic mass is 10.1. The van der Waals surface area contributed by atoms with E-state index in [1.165, 1.54) is 0 Å². The normalized spacial score (nSPS) is 28.4. The van der Waals surface area contributed by atoms with Gasteiger partial charge in [0.1, 0.15) is 5.88 Å². The summed E-state index contributed by atoms with van der Waals surface area (Å²) in [5.41, 5.74) is 0. The smallest absolute Gasteiger partial charge is 0.238 e. The second kappa shape index (κ2) is 5.14. The van der Waals surface area contributed by atoms with Crippen LogP contribution >= 0.6 is 11.6 Å². The average molecular weight is 280 g/mol. The Balaban J connectivity index is 2.13. The summed E-state index contributed by atoms with van der Waals surface area (Å²) in [4.78, 5) is 13.7. The number of carbonyl (C=O) groups is 1. The molecule has 0 spiro atoms. The summed E-state index contributed by atoms with van der Waals surface area (Å²) in [5, 5.41) is 0. The maximum Gasteiger partial charge on any atom is 0.238 e. The van der Waals surface area contributed by atoms with Gasteiger partial charge in [0.15, 0.2) is 9.84 Å². The molecule has 2 rings (SSSR count). The fourth-order valence-corrected chi connectivity index (χ4v) is 4.80. The van der Waals surface area contributed by atoms with Gasteiger partial charge < -0.3 is 4.90 Å². The van der Waals surface area contributed by atoms with E-state index in [-0.39, 0.29) is 35.4 Å². The summed E-state index contributed by atoms with van der Waals surface area (Å²) in [5.74, 6) is 0.163. The van der Waals surface area contributed by atoms with E-state index in [0.29, 0.717) is 6.42 Å². The summed E-state index contributed by atoms with van der Waals surface area (Å²) in [6, 6.07) is 0.0638. The number of alkyl halides is 1. The first-order chi connectivity index (χ1) is 8.03. The molecule has 0 N–H and O–H groups in total. The zero-order valence-electron chi connectivity index (χ0n) is 9.77. The molecular formula is C11H18ClNO3S. The van der Waals surface area contributed by atoms with Crippen molar-refractivity contribution in [3.05, 3.63) is 0 Å². The number of sulfone groups is 1. The van der Waals surface area contributed by atoms with Crippen molar-refractivity contribution >= 4 is 27.3 Å². The second-order valence-electron chi connectivity index (χ2n) is 4.93. The Hall–Kier alpha value is -0.290. The lowest BCUT2D eigenvalue weighted by Crippen LogP contribution is -2.47. The zero-order chi connectivity index (χ0) is 12.5. The topological polar surface area (TPSA) is 54.5 Å². The Morgan fingerprint density at radius 2 is 1.82 bits per heavy atom. The highest BCUT2D eigenvalue weighted by molar-refractivity contribution is 7.91. The molecule has 2 fully saturated rings. The summed E-state index contributed by atoms with van der Waals surface area (Å²) >= 11 is 5.63. The van der Waals surface area contributed by atoms with Gasteiger partial charge in [-0.15, -0.1) is 11.6 Å². The van der Waals surface area contributed by atoms with E-state index in [1.54, 1.807) is 4.90 Å². The molecule has 1 aliphatic heterocycles. The van der Waals surface area contributed by atoms with Crippen molar-refractivity contribution < 1.29 is 13.2 Å². The molecule has 0 aromatic carbocycles. The molecule has 0 bridgehead atoms. The van der Waals surface area contributed by atoms with Crippen LogP contribution in [0.3, 0.4) is 0 Å². The lowest BCUT2D eigenvalue weighted by molar-refractivity contribution is -0.132. The predicted octanol–water partition coefficient (Wildman–Crippen LogP) is 1.18. The second-order valence-corrected chi connectivity index (χ2v) is 7.43. The number of rotatable bonds is 3. The van der Waals surface area contributed by atoms with E-state index in [9.17, 15) is 13.2 Å². The van der Waals surface area contributed by atoms with Gasteiger partial charge in [-0.3, -0.25) is 4.79 Å². The molecule has 1 heterocycles. The standard InChI is InChI=1S/C11H18ClNO3S/c12-7-11(14)13(9-3-1-2-4-9)10-5-6-17(15,16)8-10/h9-10H,1-8H2/t10-/m0/s1. The van der Waals surface area contributed by atoms with Crippen LogP contribution in [0.25, 0.3) is 0 Å². The van der Waals surface area contributed by atoms with Crippen LogP contribution in [0.5, 0.6) is 0 Å². The molecule has 17 heavy (non-hydrogen) atoms. The number of carbonyl (C=O) groups excluding carboxylic acids is 1. The first kappa shape index (κ1) is 13.1. The third-order valence-corrected chi connectivity index (χ3v) is 5.70. The Bertz CT molecular complexity index is 390. The number of hydrogen-bond donors (Lipinski definition) is 0. The number of halogens is 1. The van der Waals surface area contributed by atoms with Crippen molar-refractivity contribution in [3.63, 3.8) is 0 Å². The SMILES string of the molecule is O=C(CCl)N(C1CCCC1)[C@H]1CCS(=O)(=O)C1. The van der Waals surface area contributed by atoms with Crippen LogP contribution in [0.1, 0.15) is 32.1 Å². The molecule has 98 valence electrons. The molecule has 1 atom stereocenters. The van der Waals surface area contributed by atoms with Crippen molar-refractivity contribution in [2.45, 2.75) is 44.2 Å². The molecule has 6 heteroatoms. The Morgan fingerprint density at radius 3 is 2.29 bits per heavy atom. The van der Waals surface area contributed by atoms with Crippen molar-refractivity contribution in [2.24, 2.45) is 0 Å². The molecular weight excluding hydrogens is 262 g/mol. The van der Waals surface area contributed by atoms with E-state index >= 15 is 0 Å². The van der Waals surface area contributed by atoms with Gasteiger partial charge in [0.05, 0.1) is 11.5 Å². The van der Waals surface area contributed by atoms with E-state index < -0.39 is 9.84 Å². The maximum absolute atomic E-state index is 11.9. The molecule has 1 saturated heterocycles. The Labute approximate surface area is 107 Å². The van der Waals surface area contributed by atoms with Crippen LogP contribution in [-0.2, 0) is 14.6 Å². The van der Waals surface area contributed by atoms with Gasteiger partial charge in [0.2, 0.25) is 5.91 Å². The van der Waals surface area contributed by atoms with Crippen molar-refractivity contribution in [1.82, 2.24) is 4.90 Å². The maximum atomic E-state index is 11.9. The van der Waals surface area contributed by atoms with Gasteiger partial charge in [0, 0.05) is 12.1 Å². The van der Waals surface area contributed by atoms with Crippen molar-refractivity contribution in [1.29, 1.82) is 0 Å². The van der Waals surface area contributed by atoms with Crippen molar-refractivity contribution in [2.75, 3.05) is 17.4 Å². The number of hydrogen-bond acceptors (Lipinski definition) is 3. The third kappa shape index (κ3) is 2.94. The van der Waals surface area contributed by atoms with Crippen LogP contribution in [0.15, 0.2) is 0 Å². The Kier molecular flexibility index (Phi) is 3.98. The molecule has 0 unspecified atom stereocenters. The van der Waals surface area contributed by atoms with E-state index in [2.05, 4.69) is 0 Å². The van der Waals surface area contributed by atoms with Crippen LogP contribution < -0.4 is 0 Å². The lowest BCUT2D eigenvalue weighted by Gasteiger charge is -2.33. The molecule has 1 amide bonds. The minimum absolute atomic E-state index is 0.0486. The molecule has 4 nitrogen and oxygen atoms in total. The Morgan fingerprint density at radius 1 is 1.18 bits per heavy atom. The van der Waals surface area contributed by atoms with E-state index in [4.69, 9.17) is 11.6 Å². The highest BCUT2D eigenvalue weighted by atomic mass is 35.5. The minimum Gasteiger partial charge on any atom is -0.335 e. The highest BCUT2D eigenvalue weighted by Gasteiger charge is 2.38. The van der Waals surface area contributed by atoms with E-state index in [1.807, 2.05) is 0 Å². The van der Waals surface area contributed by atoms with Gasteiger partial charge in [-0.05, 0) is 19.3 Å². The van der Waals surface area contributed by atoms with Crippen LogP contribution in [0.4, 0.5) is 0 Å². The predicted molar refractivity (Wildman–Crippen MR) is 66.9 cm³/mol. The van der Waals surface area contributed by atoms with E-state index in [0.717, 1.165) is 25.7 Å². The highest BCUT2D eigenvalue weighted by Crippen LogP contribution is 2.29. The molecule has 1 saturated carbocycles. The molecule has 0 aromatic heterocycles. The average Bonchev–Trinajstić information content (AvgIpc) is 2.89. The largest absolute Gasteiger partial charge is 0.335 e. The monoisotopic (exact) mass is 279 g/mol. The quantitative estimate of drug-likeness (QED) is 0.729. The van der Waals surface area contributed by atoms with Gasteiger partial charge in [0.25, 0.3) is 0 Å². The fraction of sp³-hybridized carbons (Fsp3) is 0.909. The molecule has 0 aromatic rings. The zero-order valence-corrected chi connectivity index (χ0v) is 11.3. The van der Waals surface area contributed by atoms with Crippen LogP contribution in [0.2, 0.25) is 0 Å². The first-order valence-corrected chi connectivity index (χ1v) is 8.46. The summed E-state index contributed by atoms with van der Waals surface area (Å²) in [7, 11) is -2.95. The molecule has 0 radical (unpaired) electrons. The van der Waals surface area contributed by atoms with Crippen LogP contribution in [-0.4, -0.2) is 48.7 Å². The molecule has 1 aliphatic carbocycles. The molecule has 2 aliphatic rings. The van der Waals surface area contributed by atoms with Gasteiger partial charge in [-0.1, -0.05) is 12.8 Å². The summed E-state index contributed by atoms with van der Waals surface area (Å²) < 4.78 is 23.0. The third-order valence-electron chi connectivity index (χ3n) is 3.72. The first-order valence-electron chi connectivity index (χ1n) is 6.11. The van der Waals surface area contributed by atoms with Gasteiger partial charge in [-0.25, -0.2) is 8.42 Å². The minimum atomic E-state index is -2.95.